The van der Waals surface area contributed by atoms with Crippen LogP contribution in [0.5, 0.6) is 5.75 Å². The van der Waals surface area contributed by atoms with E-state index in [-0.39, 0.29) is 23.7 Å². The minimum absolute atomic E-state index is 0.214. The normalized spacial score (nSPS) is 18.0. The fourth-order valence-electron chi connectivity index (χ4n) is 3.43. The van der Waals surface area contributed by atoms with Crippen molar-refractivity contribution in [2.75, 3.05) is 34.3 Å². The molecule has 0 N–H and O–H groups in total. The molecule has 0 aromatic heterocycles. The second kappa shape index (κ2) is 8.73. The lowest BCUT2D eigenvalue weighted by Crippen LogP contribution is -2.47. The van der Waals surface area contributed by atoms with Gasteiger partial charge in [-0.2, -0.15) is 0 Å². The molecule has 0 aliphatic carbocycles. The van der Waals surface area contributed by atoms with Crippen molar-refractivity contribution < 1.29 is 27.4 Å². The summed E-state index contributed by atoms with van der Waals surface area (Å²) in [5.74, 6) is -0.197. The average molecular weight is 374 g/mol. The Morgan fingerprint density at radius 2 is 1.81 bits per heavy atom. The van der Waals surface area contributed by atoms with Crippen molar-refractivity contribution >= 4 is 5.97 Å². The Balaban J connectivity index is 1.87. The standard InChI is InChI=1S/C18H25F3N2O3/c1-22(2)16(17(24)25-3)14-8-10-23(11-9-14)12-13-4-6-15(7-5-13)26-18(19,20)21/h4-7,14,16H,8-12H2,1-3H3. The topological polar surface area (TPSA) is 42.0 Å². The molecule has 0 radical (unpaired) electrons. The molecule has 1 fully saturated rings. The summed E-state index contributed by atoms with van der Waals surface area (Å²) in [5.41, 5.74) is 0.926. The van der Waals surface area contributed by atoms with Gasteiger partial charge in [-0.1, -0.05) is 12.1 Å². The van der Waals surface area contributed by atoms with Crippen LogP contribution in [0.3, 0.4) is 0 Å². The molecule has 0 bridgehead atoms. The van der Waals surface area contributed by atoms with Gasteiger partial charge in [-0.05, 0) is 63.6 Å². The van der Waals surface area contributed by atoms with E-state index in [1.54, 1.807) is 12.1 Å². The number of rotatable bonds is 6. The fourth-order valence-corrected chi connectivity index (χ4v) is 3.43. The van der Waals surface area contributed by atoms with Gasteiger partial charge in [-0.25, -0.2) is 0 Å². The van der Waals surface area contributed by atoms with Gasteiger partial charge in [0, 0.05) is 6.54 Å². The number of likely N-dealkylation sites (tertiary alicyclic amines) is 1. The predicted molar refractivity (Wildman–Crippen MR) is 90.6 cm³/mol. The minimum atomic E-state index is -4.67. The van der Waals surface area contributed by atoms with E-state index in [2.05, 4.69) is 9.64 Å². The summed E-state index contributed by atoms with van der Waals surface area (Å²) in [5, 5.41) is 0. The molecular formula is C18H25F3N2O3. The highest BCUT2D eigenvalue weighted by Gasteiger charge is 2.34. The first kappa shape index (κ1) is 20.5. The Labute approximate surface area is 151 Å². The van der Waals surface area contributed by atoms with E-state index < -0.39 is 6.36 Å². The third kappa shape index (κ3) is 5.88. The van der Waals surface area contributed by atoms with E-state index in [4.69, 9.17) is 4.74 Å². The molecule has 1 aliphatic rings. The smallest absolute Gasteiger partial charge is 0.468 e. The van der Waals surface area contributed by atoms with Crippen LogP contribution < -0.4 is 4.74 Å². The number of carbonyl (C=O) groups excluding carboxylic acids is 1. The number of esters is 1. The fraction of sp³-hybridized carbons (Fsp3) is 0.611. The second-order valence-corrected chi connectivity index (χ2v) is 6.74. The molecule has 1 aromatic carbocycles. The SMILES string of the molecule is COC(=O)C(C1CCN(Cc2ccc(OC(F)(F)F)cc2)CC1)N(C)C. The Bertz CT molecular complexity index is 582. The summed E-state index contributed by atoms with van der Waals surface area (Å²) in [6, 6.07) is 5.69. The lowest BCUT2D eigenvalue weighted by Gasteiger charge is -2.37. The number of likely N-dealkylation sites (N-methyl/N-ethyl adjacent to an activating group) is 1. The highest BCUT2D eigenvalue weighted by Crippen LogP contribution is 2.26. The van der Waals surface area contributed by atoms with Gasteiger partial charge in [0.15, 0.2) is 0 Å². The van der Waals surface area contributed by atoms with Crippen molar-refractivity contribution in [1.82, 2.24) is 9.80 Å². The number of hydrogen-bond donors (Lipinski definition) is 0. The third-order valence-corrected chi connectivity index (χ3v) is 4.64. The number of alkyl halides is 3. The maximum atomic E-state index is 12.2. The molecule has 0 amide bonds. The van der Waals surface area contributed by atoms with Crippen LogP contribution in [0.1, 0.15) is 18.4 Å². The summed E-state index contributed by atoms with van der Waals surface area (Å²) >= 11 is 0. The molecule has 26 heavy (non-hydrogen) atoms. The summed E-state index contributed by atoms with van der Waals surface area (Å²) in [6.45, 7) is 2.31. The van der Waals surface area contributed by atoms with Crippen molar-refractivity contribution in [3.63, 3.8) is 0 Å². The van der Waals surface area contributed by atoms with Crippen molar-refractivity contribution in [3.05, 3.63) is 29.8 Å². The van der Waals surface area contributed by atoms with Gasteiger partial charge in [-0.15, -0.1) is 13.2 Å². The van der Waals surface area contributed by atoms with E-state index in [1.807, 2.05) is 19.0 Å². The number of carbonyl (C=O) groups is 1. The monoisotopic (exact) mass is 374 g/mol. The largest absolute Gasteiger partial charge is 0.573 e. The van der Waals surface area contributed by atoms with Crippen molar-refractivity contribution in [2.24, 2.45) is 5.92 Å². The van der Waals surface area contributed by atoms with Gasteiger partial charge in [-0.3, -0.25) is 14.6 Å². The molecule has 1 heterocycles. The van der Waals surface area contributed by atoms with Crippen molar-refractivity contribution in [3.8, 4) is 5.75 Å². The Hall–Kier alpha value is -1.80. The number of nitrogens with zero attached hydrogens (tertiary/aromatic N) is 2. The van der Waals surface area contributed by atoms with Crippen LogP contribution in [0.15, 0.2) is 24.3 Å². The molecule has 8 heteroatoms. The first-order valence-electron chi connectivity index (χ1n) is 8.51. The van der Waals surface area contributed by atoms with E-state index in [9.17, 15) is 18.0 Å². The van der Waals surface area contributed by atoms with Gasteiger partial charge >= 0.3 is 12.3 Å². The number of piperidine rings is 1. The highest BCUT2D eigenvalue weighted by molar-refractivity contribution is 5.76. The summed E-state index contributed by atoms with van der Waals surface area (Å²) < 4.78 is 45.4. The van der Waals surface area contributed by atoms with Crippen LogP contribution in [-0.4, -0.2) is 62.5 Å². The lowest BCUT2D eigenvalue weighted by molar-refractivity contribution is -0.274. The van der Waals surface area contributed by atoms with E-state index in [0.29, 0.717) is 6.54 Å². The predicted octanol–water partition coefficient (Wildman–Crippen LogP) is 2.90. The van der Waals surface area contributed by atoms with Gasteiger partial charge in [0.05, 0.1) is 7.11 Å². The molecule has 1 aliphatic heterocycles. The zero-order valence-corrected chi connectivity index (χ0v) is 15.3. The molecule has 1 saturated heterocycles. The van der Waals surface area contributed by atoms with E-state index >= 15 is 0 Å². The quantitative estimate of drug-likeness (QED) is 0.717. The minimum Gasteiger partial charge on any atom is -0.468 e. The van der Waals surface area contributed by atoms with Crippen LogP contribution in [0, 0.1) is 5.92 Å². The average Bonchev–Trinajstić information content (AvgIpc) is 2.56. The zero-order valence-electron chi connectivity index (χ0n) is 15.3. The molecule has 5 nitrogen and oxygen atoms in total. The third-order valence-electron chi connectivity index (χ3n) is 4.64. The van der Waals surface area contributed by atoms with Crippen molar-refractivity contribution in [1.29, 1.82) is 0 Å². The molecule has 1 atom stereocenters. The Morgan fingerprint density at radius 3 is 2.27 bits per heavy atom. The Kier molecular flexibility index (Phi) is 6.88. The lowest BCUT2D eigenvalue weighted by atomic mass is 9.88. The Morgan fingerprint density at radius 1 is 1.23 bits per heavy atom. The highest BCUT2D eigenvalue weighted by atomic mass is 19.4. The molecular weight excluding hydrogens is 349 g/mol. The first-order valence-corrected chi connectivity index (χ1v) is 8.51. The van der Waals surface area contributed by atoms with Gasteiger partial charge in [0.2, 0.25) is 0 Å². The van der Waals surface area contributed by atoms with Gasteiger partial charge in [0.1, 0.15) is 11.8 Å². The molecule has 2 rings (SSSR count). The van der Waals surface area contributed by atoms with Crippen LogP contribution >= 0.6 is 0 Å². The van der Waals surface area contributed by atoms with Gasteiger partial charge < -0.3 is 9.47 Å². The number of methoxy groups -OCH3 is 1. The molecule has 0 spiro atoms. The van der Waals surface area contributed by atoms with Crippen LogP contribution in [0.2, 0.25) is 0 Å². The van der Waals surface area contributed by atoms with Crippen LogP contribution in [-0.2, 0) is 16.1 Å². The molecule has 146 valence electrons. The molecule has 1 aromatic rings. The maximum Gasteiger partial charge on any atom is 0.573 e. The number of halogens is 3. The van der Waals surface area contributed by atoms with E-state index in [0.717, 1.165) is 31.5 Å². The molecule has 1 unspecified atom stereocenters. The van der Waals surface area contributed by atoms with E-state index in [1.165, 1.54) is 19.2 Å². The van der Waals surface area contributed by atoms with Gasteiger partial charge in [0.25, 0.3) is 0 Å². The summed E-state index contributed by atoms with van der Waals surface area (Å²) in [6.07, 6.45) is -2.94. The second-order valence-electron chi connectivity index (χ2n) is 6.74. The first-order chi connectivity index (χ1) is 12.2. The number of ether oxygens (including phenoxy) is 2. The zero-order chi connectivity index (χ0) is 19.3. The van der Waals surface area contributed by atoms with Crippen LogP contribution in [0.4, 0.5) is 13.2 Å². The summed E-state index contributed by atoms with van der Waals surface area (Å²) in [7, 11) is 5.15. The molecule has 0 saturated carbocycles. The summed E-state index contributed by atoms with van der Waals surface area (Å²) in [4.78, 5) is 16.1. The van der Waals surface area contributed by atoms with Crippen LogP contribution in [0.25, 0.3) is 0 Å². The number of benzene rings is 1. The maximum absolute atomic E-state index is 12.2. The van der Waals surface area contributed by atoms with Crippen molar-refractivity contribution in [2.45, 2.75) is 31.8 Å². The number of hydrogen-bond acceptors (Lipinski definition) is 5.